The molecule has 1 atom stereocenters. The van der Waals surface area contributed by atoms with E-state index in [1.165, 1.54) is 5.56 Å². The van der Waals surface area contributed by atoms with E-state index in [-0.39, 0.29) is 0 Å². The Kier molecular flexibility index (Phi) is 4.74. The molecule has 20 heavy (non-hydrogen) atoms. The first kappa shape index (κ1) is 14.5. The zero-order valence-corrected chi connectivity index (χ0v) is 12.3. The topological polar surface area (TPSA) is 42.4 Å². The summed E-state index contributed by atoms with van der Waals surface area (Å²) in [6, 6.07) is 7.98. The Bertz CT molecular complexity index is 567. The Balaban J connectivity index is 2.09. The molecule has 2 aromatic rings. The average Bonchev–Trinajstić information content (AvgIpc) is 2.47. The molecule has 1 heterocycles. The van der Waals surface area contributed by atoms with E-state index >= 15 is 0 Å². The number of aryl methyl sites for hydroxylation is 3. The lowest BCUT2D eigenvalue weighted by molar-refractivity contribution is 0.167. The molecular formula is C17H21NO2. The van der Waals surface area contributed by atoms with Crippen molar-refractivity contribution in [2.24, 2.45) is 0 Å². The molecule has 0 saturated carbocycles. The summed E-state index contributed by atoms with van der Waals surface area (Å²) in [5.41, 5.74) is 4.30. The van der Waals surface area contributed by atoms with Crippen LogP contribution < -0.4 is 4.74 Å². The van der Waals surface area contributed by atoms with Crippen LogP contribution in [0.4, 0.5) is 0 Å². The van der Waals surface area contributed by atoms with Gasteiger partial charge in [-0.3, -0.25) is 4.98 Å². The molecule has 0 aliphatic heterocycles. The van der Waals surface area contributed by atoms with Gasteiger partial charge in [0, 0.05) is 12.4 Å². The van der Waals surface area contributed by atoms with Crippen LogP contribution >= 0.6 is 0 Å². The summed E-state index contributed by atoms with van der Waals surface area (Å²) in [5, 5.41) is 10.4. The highest BCUT2D eigenvalue weighted by atomic mass is 16.5. The molecule has 106 valence electrons. The first-order valence-electron chi connectivity index (χ1n) is 6.84. The number of ether oxygens (including phenoxy) is 1. The third-order valence-electron chi connectivity index (χ3n) is 3.60. The number of hydrogen-bond donors (Lipinski definition) is 1. The predicted octanol–water partition coefficient (Wildman–Crippen LogP) is 3.37. The van der Waals surface area contributed by atoms with Crippen LogP contribution in [-0.4, -0.2) is 17.2 Å². The van der Waals surface area contributed by atoms with E-state index in [9.17, 15) is 5.11 Å². The van der Waals surface area contributed by atoms with Gasteiger partial charge in [0.25, 0.3) is 0 Å². The molecule has 1 aromatic carbocycles. The van der Waals surface area contributed by atoms with Crippen LogP contribution in [-0.2, 0) is 6.42 Å². The third kappa shape index (κ3) is 3.36. The maximum absolute atomic E-state index is 10.4. The summed E-state index contributed by atoms with van der Waals surface area (Å²) >= 11 is 0. The number of rotatable bonds is 5. The highest BCUT2D eigenvalue weighted by Gasteiger charge is 2.13. The van der Waals surface area contributed by atoms with Crippen molar-refractivity contribution in [1.29, 1.82) is 0 Å². The third-order valence-corrected chi connectivity index (χ3v) is 3.60. The van der Waals surface area contributed by atoms with E-state index in [0.717, 1.165) is 28.9 Å². The minimum atomic E-state index is -0.451. The Morgan fingerprint density at radius 1 is 1.15 bits per heavy atom. The van der Waals surface area contributed by atoms with E-state index < -0.39 is 6.10 Å². The lowest BCUT2D eigenvalue weighted by atomic mass is 9.96. The summed E-state index contributed by atoms with van der Waals surface area (Å²) in [6.45, 7) is 4.00. The van der Waals surface area contributed by atoms with Crippen molar-refractivity contribution in [2.45, 2.75) is 32.8 Å². The number of methoxy groups -OCH3 is 1. The van der Waals surface area contributed by atoms with Gasteiger partial charge in [0.15, 0.2) is 0 Å². The molecule has 2 rings (SSSR count). The highest BCUT2D eigenvalue weighted by molar-refractivity contribution is 5.42. The second-order valence-corrected chi connectivity index (χ2v) is 5.09. The molecule has 0 bridgehead atoms. The summed E-state index contributed by atoms with van der Waals surface area (Å²) in [7, 11) is 1.67. The summed E-state index contributed by atoms with van der Waals surface area (Å²) < 4.78 is 5.30. The molecule has 0 saturated heterocycles. The fraction of sp³-hybridized carbons (Fsp3) is 0.353. The number of pyridine rings is 1. The summed E-state index contributed by atoms with van der Waals surface area (Å²) in [5.74, 6) is 0.868. The molecule has 3 heteroatoms. The van der Waals surface area contributed by atoms with Gasteiger partial charge in [-0.05, 0) is 73.2 Å². The maximum Gasteiger partial charge on any atom is 0.122 e. The van der Waals surface area contributed by atoms with Crippen LogP contribution in [0.2, 0.25) is 0 Å². The minimum Gasteiger partial charge on any atom is -0.496 e. The van der Waals surface area contributed by atoms with E-state index in [1.807, 2.05) is 38.1 Å². The number of aliphatic hydroxyl groups excluding tert-OH is 1. The van der Waals surface area contributed by atoms with Crippen LogP contribution in [0.15, 0.2) is 36.7 Å². The smallest absolute Gasteiger partial charge is 0.122 e. The zero-order chi connectivity index (χ0) is 14.5. The monoisotopic (exact) mass is 271 g/mol. The molecule has 0 fully saturated rings. The molecular weight excluding hydrogens is 250 g/mol. The van der Waals surface area contributed by atoms with Crippen molar-refractivity contribution in [3.8, 4) is 5.75 Å². The molecule has 0 amide bonds. The quantitative estimate of drug-likeness (QED) is 0.906. The molecule has 1 aromatic heterocycles. The van der Waals surface area contributed by atoms with Crippen molar-refractivity contribution < 1.29 is 9.84 Å². The van der Waals surface area contributed by atoms with Crippen molar-refractivity contribution in [2.75, 3.05) is 7.11 Å². The standard InChI is InChI=1S/C17H21NO2/c1-12-11-17(20-3)13(2)10-15(12)16(19)5-4-14-6-8-18-9-7-14/h6-11,16,19H,4-5H2,1-3H3. The molecule has 1 N–H and O–H groups in total. The summed E-state index contributed by atoms with van der Waals surface area (Å²) in [6.07, 6.45) is 4.66. The molecule has 0 aliphatic rings. The van der Waals surface area contributed by atoms with Gasteiger partial charge >= 0.3 is 0 Å². The van der Waals surface area contributed by atoms with E-state index in [2.05, 4.69) is 4.98 Å². The number of aliphatic hydroxyl groups is 1. The van der Waals surface area contributed by atoms with Crippen molar-refractivity contribution in [1.82, 2.24) is 4.98 Å². The second-order valence-electron chi connectivity index (χ2n) is 5.09. The van der Waals surface area contributed by atoms with Crippen molar-refractivity contribution in [3.05, 3.63) is 58.9 Å². The number of hydrogen-bond acceptors (Lipinski definition) is 3. The Hall–Kier alpha value is -1.87. The Morgan fingerprint density at radius 2 is 1.85 bits per heavy atom. The molecule has 1 unspecified atom stereocenters. The lowest BCUT2D eigenvalue weighted by Gasteiger charge is -2.16. The van der Waals surface area contributed by atoms with Crippen LogP contribution in [0, 0.1) is 13.8 Å². The Morgan fingerprint density at radius 3 is 2.50 bits per heavy atom. The van der Waals surface area contributed by atoms with E-state index in [0.29, 0.717) is 6.42 Å². The molecule has 0 spiro atoms. The van der Waals surface area contributed by atoms with Gasteiger partial charge in [0.2, 0.25) is 0 Å². The van der Waals surface area contributed by atoms with Gasteiger partial charge in [0.05, 0.1) is 13.2 Å². The highest BCUT2D eigenvalue weighted by Crippen LogP contribution is 2.28. The van der Waals surface area contributed by atoms with Gasteiger partial charge in [0.1, 0.15) is 5.75 Å². The Labute approximate surface area is 120 Å². The van der Waals surface area contributed by atoms with Gasteiger partial charge in [-0.15, -0.1) is 0 Å². The van der Waals surface area contributed by atoms with Crippen LogP contribution in [0.1, 0.15) is 34.8 Å². The largest absolute Gasteiger partial charge is 0.496 e. The maximum atomic E-state index is 10.4. The summed E-state index contributed by atoms with van der Waals surface area (Å²) in [4.78, 5) is 4.00. The van der Waals surface area contributed by atoms with Crippen LogP contribution in [0.25, 0.3) is 0 Å². The lowest BCUT2D eigenvalue weighted by Crippen LogP contribution is -2.03. The van der Waals surface area contributed by atoms with Crippen molar-refractivity contribution >= 4 is 0 Å². The van der Waals surface area contributed by atoms with Gasteiger partial charge < -0.3 is 9.84 Å². The SMILES string of the molecule is COc1cc(C)c(C(O)CCc2ccncc2)cc1C. The molecule has 0 aliphatic carbocycles. The van der Waals surface area contributed by atoms with Gasteiger partial charge in [-0.25, -0.2) is 0 Å². The van der Waals surface area contributed by atoms with Crippen LogP contribution in [0.5, 0.6) is 5.75 Å². The predicted molar refractivity (Wildman–Crippen MR) is 80.0 cm³/mol. The average molecular weight is 271 g/mol. The van der Waals surface area contributed by atoms with Gasteiger partial charge in [-0.1, -0.05) is 0 Å². The first-order chi connectivity index (χ1) is 9.61. The molecule has 0 radical (unpaired) electrons. The van der Waals surface area contributed by atoms with E-state index in [4.69, 9.17) is 4.74 Å². The van der Waals surface area contributed by atoms with Crippen LogP contribution in [0.3, 0.4) is 0 Å². The van der Waals surface area contributed by atoms with E-state index in [1.54, 1.807) is 19.5 Å². The number of nitrogens with zero attached hydrogens (tertiary/aromatic N) is 1. The minimum absolute atomic E-state index is 0.451. The molecule has 3 nitrogen and oxygen atoms in total. The normalized spacial score (nSPS) is 12.2. The zero-order valence-electron chi connectivity index (χ0n) is 12.3. The first-order valence-corrected chi connectivity index (χ1v) is 6.84. The number of benzene rings is 1. The fourth-order valence-electron chi connectivity index (χ4n) is 2.40. The van der Waals surface area contributed by atoms with Crippen molar-refractivity contribution in [3.63, 3.8) is 0 Å². The fourth-order valence-corrected chi connectivity index (χ4v) is 2.40. The number of aromatic nitrogens is 1. The second kappa shape index (κ2) is 6.53. The van der Waals surface area contributed by atoms with Gasteiger partial charge in [-0.2, -0.15) is 0 Å².